The zero-order chi connectivity index (χ0) is 16.6. The molecular weight excluding hydrogens is 294 g/mol. The highest BCUT2D eigenvalue weighted by Crippen LogP contribution is 2.29. The van der Waals surface area contributed by atoms with Gasteiger partial charge in [-0.2, -0.15) is 0 Å². The molecule has 3 rings (SSSR count). The van der Waals surface area contributed by atoms with Crippen LogP contribution < -0.4 is 5.32 Å². The Morgan fingerprint density at radius 2 is 1.78 bits per heavy atom. The maximum absolute atomic E-state index is 12.9. The highest BCUT2D eigenvalue weighted by atomic mass is 16.5. The summed E-state index contributed by atoms with van der Waals surface area (Å²) in [5.74, 6) is -0.208. The van der Waals surface area contributed by atoms with Gasteiger partial charge in [-0.1, -0.05) is 30.3 Å². The van der Waals surface area contributed by atoms with Crippen molar-refractivity contribution >= 4 is 11.9 Å². The summed E-state index contributed by atoms with van der Waals surface area (Å²) in [6, 6.07) is 9.01. The summed E-state index contributed by atoms with van der Waals surface area (Å²) in [7, 11) is 0. The van der Waals surface area contributed by atoms with Crippen LogP contribution in [0.2, 0.25) is 0 Å². The normalized spacial score (nSPS) is 32.2. The highest BCUT2D eigenvalue weighted by Gasteiger charge is 2.49. The maximum atomic E-state index is 12.9. The van der Waals surface area contributed by atoms with Gasteiger partial charge in [0.05, 0.1) is 18.9 Å². The Balaban J connectivity index is 1.77. The van der Waals surface area contributed by atoms with Crippen molar-refractivity contribution in [1.82, 2.24) is 15.1 Å². The zero-order valence-corrected chi connectivity index (χ0v) is 13.8. The van der Waals surface area contributed by atoms with Crippen LogP contribution in [0, 0.1) is 0 Å². The van der Waals surface area contributed by atoms with Crippen molar-refractivity contribution in [2.24, 2.45) is 0 Å². The predicted octanol–water partition coefficient (Wildman–Crippen LogP) is 1.52. The average molecular weight is 317 g/mol. The fourth-order valence-electron chi connectivity index (χ4n) is 3.39. The molecule has 124 valence electrons. The van der Waals surface area contributed by atoms with E-state index < -0.39 is 5.54 Å². The highest BCUT2D eigenvalue weighted by molar-refractivity contribution is 6.07. The number of hydrogen-bond acceptors (Lipinski definition) is 4. The summed E-state index contributed by atoms with van der Waals surface area (Å²) in [6.45, 7) is 7.48. The Morgan fingerprint density at radius 1 is 1.17 bits per heavy atom. The van der Waals surface area contributed by atoms with Crippen LogP contribution in [0.4, 0.5) is 4.79 Å². The molecule has 0 aliphatic carbocycles. The summed E-state index contributed by atoms with van der Waals surface area (Å²) in [6.07, 6.45) is 0.194. The molecule has 2 aliphatic rings. The number of ether oxygens (including phenoxy) is 1. The van der Waals surface area contributed by atoms with E-state index in [1.54, 1.807) is 6.92 Å². The quantitative estimate of drug-likeness (QED) is 0.859. The van der Waals surface area contributed by atoms with E-state index in [-0.39, 0.29) is 24.1 Å². The molecule has 1 N–H and O–H groups in total. The molecule has 2 aliphatic heterocycles. The van der Waals surface area contributed by atoms with Gasteiger partial charge in [-0.3, -0.25) is 9.69 Å². The van der Waals surface area contributed by atoms with Crippen LogP contribution in [0.25, 0.3) is 0 Å². The van der Waals surface area contributed by atoms with Gasteiger partial charge in [0.2, 0.25) is 0 Å². The second-order valence-corrected chi connectivity index (χ2v) is 6.59. The number of rotatable bonds is 3. The number of nitrogens with zero attached hydrogens (tertiary/aromatic N) is 2. The summed E-state index contributed by atoms with van der Waals surface area (Å²) >= 11 is 0. The van der Waals surface area contributed by atoms with Gasteiger partial charge in [-0.15, -0.1) is 0 Å². The van der Waals surface area contributed by atoms with Crippen molar-refractivity contribution in [3.8, 4) is 0 Å². The van der Waals surface area contributed by atoms with Crippen molar-refractivity contribution in [2.75, 3.05) is 19.8 Å². The number of amides is 3. The smallest absolute Gasteiger partial charge is 0.326 e. The van der Waals surface area contributed by atoms with E-state index in [1.807, 2.05) is 44.2 Å². The fraction of sp³-hybridized carbons (Fsp3) is 0.529. The van der Waals surface area contributed by atoms with E-state index in [9.17, 15) is 9.59 Å². The van der Waals surface area contributed by atoms with Crippen molar-refractivity contribution in [3.63, 3.8) is 0 Å². The molecule has 0 aromatic heterocycles. The molecule has 6 nitrogen and oxygen atoms in total. The molecule has 3 unspecified atom stereocenters. The van der Waals surface area contributed by atoms with Gasteiger partial charge in [0.1, 0.15) is 5.54 Å². The van der Waals surface area contributed by atoms with E-state index in [2.05, 4.69) is 10.2 Å². The molecule has 2 heterocycles. The van der Waals surface area contributed by atoms with Crippen LogP contribution in [-0.4, -0.2) is 53.7 Å². The number of hydrogen-bond donors (Lipinski definition) is 1. The lowest BCUT2D eigenvalue weighted by Gasteiger charge is -2.36. The topological polar surface area (TPSA) is 61.9 Å². The van der Waals surface area contributed by atoms with Crippen LogP contribution in [0.5, 0.6) is 0 Å². The lowest BCUT2D eigenvalue weighted by Crippen LogP contribution is -2.51. The third-order valence-electron chi connectivity index (χ3n) is 4.46. The molecule has 1 aromatic carbocycles. The van der Waals surface area contributed by atoms with Crippen LogP contribution in [-0.2, 0) is 15.1 Å². The average Bonchev–Trinajstić information content (AvgIpc) is 2.72. The Kier molecular flexibility index (Phi) is 4.12. The summed E-state index contributed by atoms with van der Waals surface area (Å²) in [5.41, 5.74) is -0.202. The zero-order valence-electron chi connectivity index (χ0n) is 13.8. The maximum Gasteiger partial charge on any atom is 0.326 e. The number of carbonyl (C=O) groups excluding carboxylic acids is 2. The van der Waals surface area contributed by atoms with Gasteiger partial charge < -0.3 is 10.1 Å². The monoisotopic (exact) mass is 317 g/mol. The molecule has 2 fully saturated rings. The molecule has 3 atom stereocenters. The van der Waals surface area contributed by atoms with E-state index in [4.69, 9.17) is 4.74 Å². The Morgan fingerprint density at radius 3 is 2.39 bits per heavy atom. The number of benzene rings is 1. The van der Waals surface area contributed by atoms with Gasteiger partial charge in [-0.25, -0.2) is 9.69 Å². The van der Waals surface area contributed by atoms with Gasteiger partial charge in [0.25, 0.3) is 5.91 Å². The Bertz CT molecular complexity index is 596. The Labute approximate surface area is 136 Å². The van der Waals surface area contributed by atoms with Crippen molar-refractivity contribution < 1.29 is 14.3 Å². The molecule has 3 amide bonds. The van der Waals surface area contributed by atoms with Crippen molar-refractivity contribution in [1.29, 1.82) is 0 Å². The Hall–Kier alpha value is -1.92. The van der Waals surface area contributed by atoms with E-state index in [0.717, 1.165) is 5.56 Å². The van der Waals surface area contributed by atoms with E-state index >= 15 is 0 Å². The van der Waals surface area contributed by atoms with Crippen LogP contribution >= 0.6 is 0 Å². The van der Waals surface area contributed by atoms with Crippen molar-refractivity contribution in [2.45, 2.75) is 38.5 Å². The van der Waals surface area contributed by atoms with E-state index in [0.29, 0.717) is 19.8 Å². The molecule has 0 bridgehead atoms. The first-order valence-corrected chi connectivity index (χ1v) is 7.97. The summed E-state index contributed by atoms with van der Waals surface area (Å²) < 4.78 is 5.70. The SMILES string of the molecule is CC1CN(CN2C(=O)NC(C)(c3ccccc3)C2=O)CC(C)O1. The summed E-state index contributed by atoms with van der Waals surface area (Å²) in [4.78, 5) is 28.6. The standard InChI is InChI=1S/C17H23N3O3/c1-12-9-19(10-13(2)23-12)11-20-15(21)17(3,18-16(20)22)14-7-5-4-6-8-14/h4-8,12-13H,9-11H2,1-3H3,(H,18,22). The first-order valence-electron chi connectivity index (χ1n) is 7.97. The fourth-order valence-corrected chi connectivity index (χ4v) is 3.39. The lowest BCUT2D eigenvalue weighted by molar-refractivity contribution is -0.135. The molecule has 6 heteroatoms. The molecule has 1 aromatic rings. The number of nitrogens with one attached hydrogen (secondary N) is 1. The van der Waals surface area contributed by atoms with Crippen LogP contribution in [0.1, 0.15) is 26.3 Å². The molecule has 23 heavy (non-hydrogen) atoms. The van der Waals surface area contributed by atoms with Crippen molar-refractivity contribution in [3.05, 3.63) is 35.9 Å². The first-order chi connectivity index (χ1) is 10.9. The molecule has 2 saturated heterocycles. The number of imide groups is 1. The number of morpholine rings is 1. The number of carbonyl (C=O) groups is 2. The second-order valence-electron chi connectivity index (χ2n) is 6.59. The minimum atomic E-state index is -0.998. The van der Waals surface area contributed by atoms with Gasteiger partial charge in [0.15, 0.2) is 0 Å². The number of urea groups is 1. The third-order valence-corrected chi connectivity index (χ3v) is 4.46. The largest absolute Gasteiger partial charge is 0.373 e. The minimum absolute atomic E-state index is 0.0972. The summed E-state index contributed by atoms with van der Waals surface area (Å²) in [5, 5.41) is 2.84. The van der Waals surface area contributed by atoms with Gasteiger partial charge in [-0.05, 0) is 26.3 Å². The van der Waals surface area contributed by atoms with Gasteiger partial charge >= 0.3 is 6.03 Å². The molecule has 0 saturated carbocycles. The van der Waals surface area contributed by atoms with Crippen LogP contribution in [0.15, 0.2) is 30.3 Å². The van der Waals surface area contributed by atoms with E-state index in [1.165, 1.54) is 4.90 Å². The molecule has 0 spiro atoms. The molecule has 0 radical (unpaired) electrons. The van der Waals surface area contributed by atoms with Gasteiger partial charge in [0, 0.05) is 13.1 Å². The predicted molar refractivity (Wildman–Crippen MR) is 85.6 cm³/mol. The lowest BCUT2D eigenvalue weighted by atomic mass is 9.92. The second kappa shape index (κ2) is 5.94. The third kappa shape index (κ3) is 2.96. The minimum Gasteiger partial charge on any atom is -0.373 e. The first kappa shape index (κ1) is 16.0. The van der Waals surface area contributed by atoms with Crippen LogP contribution in [0.3, 0.4) is 0 Å². The molecular formula is C17H23N3O3.